The van der Waals surface area contributed by atoms with E-state index in [4.69, 9.17) is 4.74 Å². The lowest BCUT2D eigenvalue weighted by molar-refractivity contribution is -0.133. The van der Waals surface area contributed by atoms with Crippen LogP contribution in [-0.2, 0) is 4.79 Å². The molecule has 0 aliphatic carbocycles. The maximum atomic E-state index is 12.4. The lowest BCUT2D eigenvalue weighted by atomic mass is 10.1. The zero-order valence-corrected chi connectivity index (χ0v) is 15.1. The Morgan fingerprint density at radius 2 is 1.92 bits per heavy atom. The van der Waals surface area contributed by atoms with Crippen LogP contribution in [-0.4, -0.2) is 53.8 Å². The van der Waals surface area contributed by atoms with Crippen LogP contribution >= 0.6 is 11.3 Å². The number of piperazine rings is 1. The molecule has 1 aliphatic heterocycles. The molecule has 1 saturated heterocycles. The van der Waals surface area contributed by atoms with Crippen molar-refractivity contribution in [1.29, 1.82) is 0 Å². The normalized spacial score (nSPS) is 14.8. The maximum absolute atomic E-state index is 12.4. The van der Waals surface area contributed by atoms with Crippen molar-refractivity contribution >= 4 is 22.4 Å². The van der Waals surface area contributed by atoms with Gasteiger partial charge in [0.05, 0.1) is 0 Å². The standard InChI is InChI=1S/C17H22N4O2S/c1-12-4-5-15(13(2)10-12)23-11-16(22)20-6-8-21(9-7-20)17-19-18-14(3)24-17/h4-5,10H,6-9,11H2,1-3H3. The highest BCUT2D eigenvalue weighted by Gasteiger charge is 2.23. The summed E-state index contributed by atoms with van der Waals surface area (Å²) in [5, 5.41) is 10.1. The van der Waals surface area contributed by atoms with Crippen LogP contribution in [0.15, 0.2) is 18.2 Å². The van der Waals surface area contributed by atoms with Gasteiger partial charge in [0.15, 0.2) is 6.61 Å². The Hall–Kier alpha value is -2.15. The third kappa shape index (κ3) is 3.84. The summed E-state index contributed by atoms with van der Waals surface area (Å²) in [5.74, 6) is 0.806. The van der Waals surface area contributed by atoms with Gasteiger partial charge in [-0.15, -0.1) is 10.2 Å². The summed E-state index contributed by atoms with van der Waals surface area (Å²) in [6.45, 7) is 9.01. The number of nitrogens with zero attached hydrogens (tertiary/aromatic N) is 4. The van der Waals surface area contributed by atoms with Crippen LogP contribution in [0.5, 0.6) is 5.75 Å². The van der Waals surface area contributed by atoms with Crippen LogP contribution in [0.1, 0.15) is 16.1 Å². The van der Waals surface area contributed by atoms with E-state index < -0.39 is 0 Å². The molecule has 6 nitrogen and oxygen atoms in total. The van der Waals surface area contributed by atoms with Gasteiger partial charge in [0.25, 0.3) is 5.91 Å². The van der Waals surface area contributed by atoms with Crippen LogP contribution in [0.25, 0.3) is 0 Å². The molecule has 24 heavy (non-hydrogen) atoms. The Morgan fingerprint density at radius 3 is 2.54 bits per heavy atom. The van der Waals surface area contributed by atoms with Crippen LogP contribution in [0.4, 0.5) is 5.13 Å². The van der Waals surface area contributed by atoms with Crippen molar-refractivity contribution in [2.24, 2.45) is 0 Å². The molecule has 2 aromatic rings. The molecule has 7 heteroatoms. The van der Waals surface area contributed by atoms with Crippen molar-refractivity contribution in [2.45, 2.75) is 20.8 Å². The van der Waals surface area contributed by atoms with Gasteiger partial charge in [-0.1, -0.05) is 29.0 Å². The van der Waals surface area contributed by atoms with Gasteiger partial charge in [0.1, 0.15) is 10.8 Å². The van der Waals surface area contributed by atoms with Crippen molar-refractivity contribution in [1.82, 2.24) is 15.1 Å². The highest BCUT2D eigenvalue weighted by molar-refractivity contribution is 7.15. The molecular weight excluding hydrogens is 324 g/mol. The minimum absolute atomic E-state index is 0.0306. The van der Waals surface area contributed by atoms with E-state index in [0.29, 0.717) is 13.1 Å². The molecule has 0 bridgehead atoms. The van der Waals surface area contributed by atoms with Gasteiger partial charge >= 0.3 is 0 Å². The summed E-state index contributed by atoms with van der Waals surface area (Å²) in [6.07, 6.45) is 0. The van der Waals surface area contributed by atoms with Gasteiger partial charge in [0, 0.05) is 26.2 Å². The molecule has 2 heterocycles. The molecule has 1 amide bonds. The Balaban J connectivity index is 1.50. The fourth-order valence-electron chi connectivity index (χ4n) is 2.75. The molecule has 3 rings (SSSR count). The molecule has 128 valence electrons. The molecule has 0 N–H and O–H groups in total. The molecule has 0 spiro atoms. The Labute approximate surface area is 146 Å². The number of carbonyl (C=O) groups excluding carboxylic acids is 1. The van der Waals surface area contributed by atoms with Gasteiger partial charge in [-0.2, -0.15) is 0 Å². The van der Waals surface area contributed by atoms with Gasteiger partial charge in [-0.3, -0.25) is 4.79 Å². The van der Waals surface area contributed by atoms with E-state index in [1.807, 2.05) is 37.8 Å². The number of hydrogen-bond donors (Lipinski definition) is 0. The first-order chi connectivity index (χ1) is 11.5. The lowest BCUT2D eigenvalue weighted by Crippen LogP contribution is -2.50. The molecule has 0 saturated carbocycles. The van der Waals surface area contributed by atoms with Crippen molar-refractivity contribution < 1.29 is 9.53 Å². The lowest BCUT2D eigenvalue weighted by Gasteiger charge is -2.34. The number of aryl methyl sites for hydroxylation is 3. The summed E-state index contributed by atoms with van der Waals surface area (Å²) in [7, 11) is 0. The van der Waals surface area contributed by atoms with E-state index >= 15 is 0 Å². The molecule has 0 unspecified atom stereocenters. The molecule has 1 aliphatic rings. The molecule has 1 aromatic carbocycles. The van der Waals surface area contributed by atoms with Crippen LogP contribution in [0.2, 0.25) is 0 Å². The smallest absolute Gasteiger partial charge is 0.260 e. The second-order valence-electron chi connectivity index (χ2n) is 6.03. The van der Waals surface area contributed by atoms with Crippen molar-refractivity contribution in [2.75, 3.05) is 37.7 Å². The van der Waals surface area contributed by atoms with Crippen LogP contribution in [0.3, 0.4) is 0 Å². The summed E-state index contributed by atoms with van der Waals surface area (Å²) in [6, 6.07) is 5.98. The summed E-state index contributed by atoms with van der Waals surface area (Å²) in [4.78, 5) is 16.4. The number of aromatic nitrogens is 2. The molecule has 0 radical (unpaired) electrons. The number of anilines is 1. The average Bonchev–Trinajstić information content (AvgIpc) is 3.00. The number of ether oxygens (including phenoxy) is 1. The highest BCUT2D eigenvalue weighted by atomic mass is 32.1. The molecular formula is C17H22N4O2S. The second kappa shape index (κ2) is 7.17. The SMILES string of the molecule is Cc1ccc(OCC(=O)N2CCN(c3nnc(C)s3)CC2)c(C)c1. The number of benzene rings is 1. The van der Waals surface area contributed by atoms with Gasteiger partial charge < -0.3 is 14.5 Å². The fraction of sp³-hybridized carbons (Fsp3) is 0.471. The average molecular weight is 346 g/mol. The second-order valence-corrected chi connectivity index (χ2v) is 7.19. The Morgan fingerprint density at radius 1 is 1.17 bits per heavy atom. The zero-order valence-electron chi connectivity index (χ0n) is 14.3. The summed E-state index contributed by atoms with van der Waals surface area (Å²) >= 11 is 1.59. The third-order valence-corrected chi connectivity index (χ3v) is 5.00. The molecule has 1 fully saturated rings. The van der Waals surface area contributed by atoms with Crippen molar-refractivity contribution in [3.63, 3.8) is 0 Å². The largest absolute Gasteiger partial charge is 0.484 e. The van der Waals surface area contributed by atoms with E-state index in [1.54, 1.807) is 11.3 Å². The Kier molecular flexibility index (Phi) is 4.99. The monoisotopic (exact) mass is 346 g/mol. The highest BCUT2D eigenvalue weighted by Crippen LogP contribution is 2.21. The molecule has 1 aromatic heterocycles. The molecule has 0 atom stereocenters. The van der Waals surface area contributed by atoms with Crippen LogP contribution in [0, 0.1) is 20.8 Å². The summed E-state index contributed by atoms with van der Waals surface area (Å²) in [5.41, 5.74) is 2.24. The quantitative estimate of drug-likeness (QED) is 0.849. The van der Waals surface area contributed by atoms with Crippen LogP contribution < -0.4 is 9.64 Å². The first-order valence-electron chi connectivity index (χ1n) is 8.06. The van der Waals surface area contributed by atoms with Gasteiger partial charge in [0.2, 0.25) is 5.13 Å². The predicted octanol–water partition coefficient (Wildman–Crippen LogP) is 2.19. The van der Waals surface area contributed by atoms with Crippen molar-refractivity contribution in [3.8, 4) is 5.75 Å². The topological polar surface area (TPSA) is 58.6 Å². The van der Waals surface area contributed by atoms with E-state index in [0.717, 1.165) is 34.5 Å². The van der Waals surface area contributed by atoms with E-state index in [-0.39, 0.29) is 12.5 Å². The zero-order chi connectivity index (χ0) is 17.1. The minimum Gasteiger partial charge on any atom is -0.484 e. The van der Waals surface area contributed by atoms with Gasteiger partial charge in [-0.05, 0) is 32.4 Å². The van der Waals surface area contributed by atoms with E-state index in [2.05, 4.69) is 21.2 Å². The first-order valence-corrected chi connectivity index (χ1v) is 8.87. The van der Waals surface area contributed by atoms with E-state index in [1.165, 1.54) is 5.56 Å². The Bertz CT molecular complexity index is 723. The number of hydrogen-bond acceptors (Lipinski definition) is 6. The third-order valence-electron chi connectivity index (χ3n) is 4.10. The number of carbonyl (C=O) groups is 1. The number of rotatable bonds is 4. The van der Waals surface area contributed by atoms with Crippen molar-refractivity contribution in [3.05, 3.63) is 34.3 Å². The van der Waals surface area contributed by atoms with Gasteiger partial charge in [-0.25, -0.2) is 0 Å². The number of amides is 1. The maximum Gasteiger partial charge on any atom is 0.260 e. The van der Waals surface area contributed by atoms with E-state index in [9.17, 15) is 4.79 Å². The first kappa shape index (κ1) is 16.7. The summed E-state index contributed by atoms with van der Waals surface area (Å²) < 4.78 is 5.70. The predicted molar refractivity (Wildman–Crippen MR) is 94.9 cm³/mol. The minimum atomic E-state index is 0.0306. The fourth-order valence-corrected chi connectivity index (χ4v) is 3.49.